The van der Waals surface area contributed by atoms with E-state index in [1.54, 1.807) is 0 Å². The molecule has 3 aliphatic heterocycles. The minimum absolute atomic E-state index is 0.104. The van der Waals surface area contributed by atoms with Gasteiger partial charge in [0.05, 0.1) is 30.0 Å². The maximum Gasteiger partial charge on any atom is 0.216 e. The molecule has 5 heterocycles. The van der Waals surface area contributed by atoms with Crippen molar-refractivity contribution in [2.24, 2.45) is 0 Å². The number of aromatic hydroxyl groups is 1. The molecule has 4 aliphatic rings. The molecular formula is C33H37N5O3. The van der Waals surface area contributed by atoms with E-state index in [9.17, 15) is 5.11 Å². The Morgan fingerprint density at radius 1 is 1.07 bits per heavy atom. The van der Waals surface area contributed by atoms with Gasteiger partial charge in [0.15, 0.2) is 0 Å². The number of rotatable bonds is 6. The lowest BCUT2D eigenvalue weighted by Gasteiger charge is -2.35. The molecule has 41 heavy (non-hydrogen) atoms. The number of hydrogen-bond donors (Lipinski definition) is 2. The molecule has 0 radical (unpaired) electrons. The number of aryl methyl sites for hydroxylation is 1. The molecule has 4 fully saturated rings. The van der Waals surface area contributed by atoms with Crippen molar-refractivity contribution in [2.75, 3.05) is 50.9 Å². The Balaban J connectivity index is 1.20. The van der Waals surface area contributed by atoms with Crippen LogP contribution in [0, 0.1) is 6.92 Å². The molecule has 2 unspecified atom stereocenters. The van der Waals surface area contributed by atoms with Crippen molar-refractivity contribution >= 4 is 27.5 Å². The van der Waals surface area contributed by atoms with Crippen molar-refractivity contribution in [1.82, 2.24) is 20.2 Å². The first-order valence-corrected chi connectivity index (χ1v) is 15.0. The van der Waals surface area contributed by atoms with Gasteiger partial charge >= 0.3 is 0 Å². The van der Waals surface area contributed by atoms with Crippen LogP contribution in [0.25, 0.3) is 32.9 Å². The summed E-state index contributed by atoms with van der Waals surface area (Å²) in [7, 11) is 0. The van der Waals surface area contributed by atoms with Gasteiger partial charge in [-0.1, -0.05) is 18.2 Å². The van der Waals surface area contributed by atoms with Crippen LogP contribution in [0.1, 0.15) is 31.2 Å². The molecule has 212 valence electrons. The summed E-state index contributed by atoms with van der Waals surface area (Å²) in [6.45, 7) is 8.20. The smallest absolute Gasteiger partial charge is 0.216 e. The first-order valence-electron chi connectivity index (χ1n) is 15.0. The van der Waals surface area contributed by atoms with E-state index in [1.165, 1.54) is 12.8 Å². The fourth-order valence-electron chi connectivity index (χ4n) is 7.30. The maximum absolute atomic E-state index is 10.6. The number of ether oxygens (including phenoxy) is 2. The van der Waals surface area contributed by atoms with Crippen LogP contribution < -0.4 is 15.0 Å². The van der Waals surface area contributed by atoms with Crippen LogP contribution in [-0.2, 0) is 4.74 Å². The predicted octanol–water partition coefficient (Wildman–Crippen LogP) is 4.65. The van der Waals surface area contributed by atoms with Crippen molar-refractivity contribution in [1.29, 1.82) is 0 Å². The number of anilines is 1. The zero-order chi connectivity index (χ0) is 27.6. The highest BCUT2D eigenvalue weighted by Crippen LogP contribution is 2.43. The molecule has 2 atom stereocenters. The summed E-state index contributed by atoms with van der Waals surface area (Å²) in [4.78, 5) is 15.1. The lowest BCUT2D eigenvalue weighted by Crippen LogP contribution is -2.51. The third kappa shape index (κ3) is 4.58. The van der Waals surface area contributed by atoms with Gasteiger partial charge in [0.2, 0.25) is 5.88 Å². The van der Waals surface area contributed by atoms with Gasteiger partial charge in [-0.3, -0.25) is 9.88 Å². The van der Waals surface area contributed by atoms with Gasteiger partial charge < -0.3 is 24.8 Å². The number of nitrogens with one attached hydrogen (secondary N) is 1. The summed E-state index contributed by atoms with van der Waals surface area (Å²) in [6.07, 6.45) is 6.69. The van der Waals surface area contributed by atoms with Gasteiger partial charge in [-0.2, -0.15) is 0 Å². The Labute approximate surface area is 240 Å². The Morgan fingerprint density at radius 2 is 1.88 bits per heavy atom. The third-order valence-electron chi connectivity index (χ3n) is 9.64. The van der Waals surface area contributed by atoms with Gasteiger partial charge in [0.25, 0.3) is 0 Å². The van der Waals surface area contributed by atoms with E-state index in [0.29, 0.717) is 24.6 Å². The molecule has 8 nitrogen and oxygen atoms in total. The molecule has 2 bridgehead atoms. The van der Waals surface area contributed by atoms with E-state index in [2.05, 4.69) is 40.2 Å². The lowest BCUT2D eigenvalue weighted by molar-refractivity contribution is -0.00284. The molecular weight excluding hydrogens is 514 g/mol. The molecule has 1 saturated carbocycles. The monoisotopic (exact) mass is 551 g/mol. The topological polar surface area (TPSA) is 83.0 Å². The van der Waals surface area contributed by atoms with Crippen LogP contribution in [0.5, 0.6) is 11.6 Å². The van der Waals surface area contributed by atoms with Gasteiger partial charge in [-0.05, 0) is 72.7 Å². The molecule has 0 amide bonds. The summed E-state index contributed by atoms with van der Waals surface area (Å²) >= 11 is 0. The Kier molecular flexibility index (Phi) is 6.05. The van der Waals surface area contributed by atoms with Crippen LogP contribution in [0.15, 0.2) is 48.7 Å². The second-order valence-electron chi connectivity index (χ2n) is 12.4. The second kappa shape index (κ2) is 9.82. The number of piperazine rings is 1. The average molecular weight is 552 g/mol. The summed E-state index contributed by atoms with van der Waals surface area (Å²) in [5.74, 6) is 0.909. The molecule has 1 aliphatic carbocycles. The minimum Gasteiger partial charge on any atom is -0.508 e. The van der Waals surface area contributed by atoms with E-state index in [4.69, 9.17) is 19.4 Å². The molecule has 2 aromatic heterocycles. The second-order valence-corrected chi connectivity index (χ2v) is 12.4. The molecule has 2 aromatic carbocycles. The lowest BCUT2D eigenvalue weighted by atomic mass is 9.95. The largest absolute Gasteiger partial charge is 0.508 e. The van der Waals surface area contributed by atoms with Crippen LogP contribution in [0.3, 0.4) is 0 Å². The first kappa shape index (κ1) is 25.3. The number of aromatic nitrogens is 2. The number of nitrogens with zero attached hydrogens (tertiary/aromatic N) is 4. The number of phenols is 1. The molecule has 0 spiro atoms. The van der Waals surface area contributed by atoms with Gasteiger partial charge in [0.1, 0.15) is 17.9 Å². The highest BCUT2D eigenvalue weighted by molar-refractivity contribution is 6.01. The minimum atomic E-state index is 0.104. The number of fused-ring (bicyclic) bond motifs is 4. The van der Waals surface area contributed by atoms with Gasteiger partial charge in [-0.15, -0.1) is 0 Å². The van der Waals surface area contributed by atoms with E-state index >= 15 is 0 Å². The first-order chi connectivity index (χ1) is 20.0. The van der Waals surface area contributed by atoms with Crippen molar-refractivity contribution in [3.05, 3.63) is 54.2 Å². The summed E-state index contributed by atoms with van der Waals surface area (Å²) in [5.41, 5.74) is 6.00. The van der Waals surface area contributed by atoms with Crippen molar-refractivity contribution in [3.63, 3.8) is 0 Å². The molecule has 3 saturated heterocycles. The SMILES string of the molecule is Cc1cccc2cc(O)cc(-c3cnc4c(N5CC6CCC(C5)N6)cc(OCC5(N6CCOCC6)CC5)nc4c3)c12. The van der Waals surface area contributed by atoms with Crippen molar-refractivity contribution < 1.29 is 14.6 Å². The summed E-state index contributed by atoms with van der Waals surface area (Å²) in [6, 6.07) is 15.1. The number of pyridine rings is 2. The fraction of sp³-hybridized carbons (Fsp3) is 0.455. The zero-order valence-corrected chi connectivity index (χ0v) is 23.6. The van der Waals surface area contributed by atoms with E-state index in [-0.39, 0.29) is 11.3 Å². The zero-order valence-electron chi connectivity index (χ0n) is 23.6. The summed E-state index contributed by atoms with van der Waals surface area (Å²) in [5, 5.41) is 16.5. The quantitative estimate of drug-likeness (QED) is 0.359. The summed E-state index contributed by atoms with van der Waals surface area (Å²) < 4.78 is 12.1. The fourth-order valence-corrected chi connectivity index (χ4v) is 7.30. The maximum atomic E-state index is 10.6. The van der Waals surface area contributed by atoms with Crippen LogP contribution in [-0.4, -0.2) is 83.6 Å². The van der Waals surface area contributed by atoms with Gasteiger partial charge in [-0.25, -0.2) is 4.98 Å². The predicted molar refractivity (Wildman–Crippen MR) is 161 cm³/mol. The Morgan fingerprint density at radius 3 is 2.66 bits per heavy atom. The normalized spacial score (nSPS) is 23.8. The van der Waals surface area contributed by atoms with Crippen molar-refractivity contribution in [3.8, 4) is 22.8 Å². The van der Waals surface area contributed by atoms with E-state index in [1.807, 2.05) is 30.5 Å². The van der Waals surface area contributed by atoms with E-state index < -0.39 is 0 Å². The molecule has 8 heteroatoms. The highest BCUT2D eigenvalue weighted by atomic mass is 16.5. The van der Waals surface area contributed by atoms with E-state index in [0.717, 1.165) is 96.4 Å². The molecule has 2 N–H and O–H groups in total. The molecule has 4 aromatic rings. The Hall–Kier alpha value is -3.46. The number of hydrogen-bond acceptors (Lipinski definition) is 8. The highest BCUT2D eigenvalue weighted by Gasteiger charge is 2.49. The number of morpholine rings is 1. The van der Waals surface area contributed by atoms with Crippen LogP contribution >= 0.6 is 0 Å². The third-order valence-corrected chi connectivity index (χ3v) is 9.64. The standard InChI is InChI=1S/C33H37N5O3/c1-21-3-2-4-22-13-26(39)15-27(31(21)22)23-14-28-32(34-17-23)29(37-18-24-5-6-25(19-37)35-24)16-30(36-28)41-20-33(7-8-33)38-9-11-40-12-10-38/h2-4,13-17,24-25,35,39H,5-12,18-20H2,1H3. The molecule has 8 rings (SSSR count). The van der Waals surface area contributed by atoms with Gasteiger partial charge in [0, 0.05) is 56.1 Å². The van der Waals surface area contributed by atoms with Crippen LogP contribution in [0.4, 0.5) is 5.69 Å². The Bertz CT molecular complexity index is 1620. The number of benzene rings is 2. The average Bonchev–Trinajstić information content (AvgIpc) is 3.72. The number of phenolic OH excluding ortho intramolecular Hbond substituents is 1. The van der Waals surface area contributed by atoms with Crippen molar-refractivity contribution in [2.45, 2.75) is 50.2 Å². The van der Waals surface area contributed by atoms with Crippen LogP contribution in [0.2, 0.25) is 0 Å².